The standard InChI is InChI=1S/C17H24N2O2/c1-12-17(20)19(10-9-13-5-3-6-13)16(18-12)14-7-4-8-15(11-14)21-2/h4,7-8,11-13,16,18H,3,5-6,9-10H2,1-2H3. The Kier molecular flexibility index (Phi) is 4.15. The van der Waals surface area contributed by atoms with Gasteiger partial charge in [0, 0.05) is 6.54 Å². The summed E-state index contributed by atoms with van der Waals surface area (Å²) in [5.74, 6) is 1.86. The highest BCUT2D eigenvalue weighted by Gasteiger charge is 2.37. The molecule has 2 aliphatic rings. The van der Waals surface area contributed by atoms with Crippen LogP contribution in [0.15, 0.2) is 24.3 Å². The molecular weight excluding hydrogens is 264 g/mol. The fraction of sp³-hybridized carbons (Fsp3) is 0.588. The Hall–Kier alpha value is -1.55. The third-order valence-electron chi connectivity index (χ3n) is 4.79. The summed E-state index contributed by atoms with van der Waals surface area (Å²) in [4.78, 5) is 14.4. The van der Waals surface area contributed by atoms with E-state index in [1.807, 2.05) is 30.0 Å². The van der Waals surface area contributed by atoms with Crippen molar-refractivity contribution in [3.8, 4) is 5.75 Å². The summed E-state index contributed by atoms with van der Waals surface area (Å²) in [7, 11) is 1.67. The van der Waals surface area contributed by atoms with E-state index < -0.39 is 0 Å². The van der Waals surface area contributed by atoms with Crippen LogP contribution in [0, 0.1) is 5.92 Å². The normalized spacial score (nSPS) is 26.0. The second-order valence-electron chi connectivity index (χ2n) is 6.18. The van der Waals surface area contributed by atoms with Crippen LogP contribution >= 0.6 is 0 Å². The number of nitrogens with one attached hydrogen (secondary N) is 1. The molecule has 1 saturated heterocycles. The molecule has 2 atom stereocenters. The van der Waals surface area contributed by atoms with Crippen molar-refractivity contribution in [3.05, 3.63) is 29.8 Å². The number of benzene rings is 1. The highest BCUT2D eigenvalue weighted by atomic mass is 16.5. The van der Waals surface area contributed by atoms with Gasteiger partial charge in [-0.15, -0.1) is 0 Å². The van der Waals surface area contributed by atoms with Crippen LogP contribution in [0.2, 0.25) is 0 Å². The molecule has 1 aliphatic heterocycles. The number of hydrogen-bond donors (Lipinski definition) is 1. The van der Waals surface area contributed by atoms with Gasteiger partial charge >= 0.3 is 0 Å². The van der Waals surface area contributed by atoms with E-state index in [4.69, 9.17) is 4.74 Å². The second kappa shape index (κ2) is 6.06. The van der Waals surface area contributed by atoms with Gasteiger partial charge in [-0.3, -0.25) is 10.1 Å². The molecule has 0 radical (unpaired) electrons. The highest BCUT2D eigenvalue weighted by Crippen LogP contribution is 2.32. The molecule has 1 N–H and O–H groups in total. The number of ether oxygens (including phenoxy) is 1. The van der Waals surface area contributed by atoms with Crippen LogP contribution in [-0.2, 0) is 4.79 Å². The van der Waals surface area contributed by atoms with Gasteiger partial charge in [0.05, 0.1) is 13.2 Å². The van der Waals surface area contributed by atoms with E-state index >= 15 is 0 Å². The molecule has 1 aliphatic carbocycles. The summed E-state index contributed by atoms with van der Waals surface area (Å²) in [5.41, 5.74) is 1.10. The van der Waals surface area contributed by atoms with Crippen LogP contribution in [0.5, 0.6) is 5.75 Å². The summed E-state index contributed by atoms with van der Waals surface area (Å²) >= 11 is 0. The van der Waals surface area contributed by atoms with Crippen LogP contribution in [0.4, 0.5) is 0 Å². The van der Waals surface area contributed by atoms with Gasteiger partial charge in [0.1, 0.15) is 11.9 Å². The predicted octanol–water partition coefficient (Wildman–Crippen LogP) is 2.70. The van der Waals surface area contributed by atoms with Crippen molar-refractivity contribution in [3.63, 3.8) is 0 Å². The van der Waals surface area contributed by atoms with Crippen molar-refractivity contribution < 1.29 is 9.53 Å². The lowest BCUT2D eigenvalue weighted by molar-refractivity contribution is -0.130. The molecular formula is C17H24N2O2. The largest absolute Gasteiger partial charge is 0.497 e. The number of nitrogens with zero attached hydrogens (tertiary/aromatic N) is 1. The SMILES string of the molecule is COc1cccc(C2NC(C)C(=O)N2CCC2CCC2)c1. The van der Waals surface area contributed by atoms with Crippen molar-refractivity contribution in [2.45, 2.75) is 44.8 Å². The average Bonchev–Trinajstić information content (AvgIpc) is 2.74. The molecule has 4 heteroatoms. The molecule has 0 bridgehead atoms. The van der Waals surface area contributed by atoms with Gasteiger partial charge in [-0.2, -0.15) is 0 Å². The minimum Gasteiger partial charge on any atom is -0.497 e. The Balaban J connectivity index is 1.75. The zero-order valence-electron chi connectivity index (χ0n) is 12.8. The monoisotopic (exact) mass is 288 g/mol. The molecule has 2 unspecified atom stereocenters. The number of carbonyl (C=O) groups excluding carboxylic acids is 1. The maximum Gasteiger partial charge on any atom is 0.241 e. The average molecular weight is 288 g/mol. The minimum absolute atomic E-state index is 0.0253. The van der Waals surface area contributed by atoms with Crippen LogP contribution < -0.4 is 10.1 Å². The summed E-state index contributed by atoms with van der Waals surface area (Å²) in [6, 6.07) is 7.87. The minimum atomic E-state index is -0.109. The zero-order valence-corrected chi connectivity index (χ0v) is 12.8. The molecule has 21 heavy (non-hydrogen) atoms. The number of methoxy groups -OCH3 is 1. The molecule has 2 fully saturated rings. The van der Waals surface area contributed by atoms with Crippen molar-refractivity contribution >= 4 is 5.91 Å². The Bertz CT molecular complexity index is 513. The first kappa shape index (κ1) is 14.4. The Morgan fingerprint density at radius 3 is 2.86 bits per heavy atom. The van der Waals surface area contributed by atoms with E-state index in [2.05, 4.69) is 11.4 Å². The molecule has 4 nitrogen and oxygen atoms in total. The van der Waals surface area contributed by atoms with Crippen LogP contribution in [0.3, 0.4) is 0 Å². The van der Waals surface area contributed by atoms with E-state index in [1.54, 1.807) is 7.11 Å². The van der Waals surface area contributed by atoms with Gasteiger partial charge in [0.2, 0.25) is 5.91 Å². The maximum absolute atomic E-state index is 12.4. The number of rotatable bonds is 5. The fourth-order valence-corrected chi connectivity index (χ4v) is 3.20. The predicted molar refractivity (Wildman–Crippen MR) is 82.0 cm³/mol. The van der Waals surface area contributed by atoms with E-state index in [0.717, 1.165) is 30.2 Å². The van der Waals surface area contributed by atoms with Gasteiger partial charge in [0.25, 0.3) is 0 Å². The number of amides is 1. The first-order chi connectivity index (χ1) is 10.2. The quantitative estimate of drug-likeness (QED) is 0.906. The number of hydrogen-bond acceptors (Lipinski definition) is 3. The lowest BCUT2D eigenvalue weighted by atomic mass is 9.83. The van der Waals surface area contributed by atoms with Gasteiger partial charge in [-0.05, 0) is 37.0 Å². The van der Waals surface area contributed by atoms with Gasteiger partial charge in [-0.25, -0.2) is 0 Å². The summed E-state index contributed by atoms with van der Waals surface area (Å²) in [5, 5.41) is 3.40. The molecule has 1 aromatic rings. The lowest BCUT2D eigenvalue weighted by Gasteiger charge is -2.30. The first-order valence-electron chi connectivity index (χ1n) is 7.89. The molecule has 3 rings (SSSR count). The van der Waals surface area contributed by atoms with Crippen molar-refractivity contribution in [1.29, 1.82) is 0 Å². The topological polar surface area (TPSA) is 41.6 Å². The molecule has 1 aromatic carbocycles. The Morgan fingerprint density at radius 2 is 2.19 bits per heavy atom. The fourth-order valence-electron chi connectivity index (χ4n) is 3.20. The van der Waals surface area contributed by atoms with Crippen LogP contribution in [0.1, 0.15) is 44.3 Å². The summed E-state index contributed by atoms with van der Waals surface area (Å²) in [6.07, 6.45) is 5.11. The van der Waals surface area contributed by atoms with Crippen molar-refractivity contribution in [2.24, 2.45) is 5.92 Å². The van der Waals surface area contributed by atoms with E-state index in [1.165, 1.54) is 19.3 Å². The van der Waals surface area contributed by atoms with Gasteiger partial charge < -0.3 is 9.64 Å². The first-order valence-corrected chi connectivity index (χ1v) is 7.89. The van der Waals surface area contributed by atoms with Crippen LogP contribution in [-0.4, -0.2) is 30.5 Å². The van der Waals surface area contributed by atoms with E-state index in [-0.39, 0.29) is 18.1 Å². The van der Waals surface area contributed by atoms with Crippen molar-refractivity contribution in [1.82, 2.24) is 10.2 Å². The Labute approximate surface area is 126 Å². The summed E-state index contributed by atoms with van der Waals surface area (Å²) < 4.78 is 5.30. The molecule has 0 aromatic heterocycles. The lowest BCUT2D eigenvalue weighted by Crippen LogP contribution is -2.33. The van der Waals surface area contributed by atoms with Crippen molar-refractivity contribution in [2.75, 3.05) is 13.7 Å². The second-order valence-corrected chi connectivity index (χ2v) is 6.18. The maximum atomic E-state index is 12.4. The molecule has 1 saturated carbocycles. The Morgan fingerprint density at radius 1 is 1.38 bits per heavy atom. The van der Waals surface area contributed by atoms with Gasteiger partial charge in [0.15, 0.2) is 0 Å². The van der Waals surface area contributed by atoms with Gasteiger partial charge in [-0.1, -0.05) is 31.4 Å². The third kappa shape index (κ3) is 2.91. The van der Waals surface area contributed by atoms with Crippen LogP contribution in [0.25, 0.3) is 0 Å². The number of carbonyl (C=O) groups is 1. The molecule has 1 amide bonds. The van der Waals surface area contributed by atoms with E-state index in [9.17, 15) is 4.79 Å². The smallest absolute Gasteiger partial charge is 0.241 e. The van der Waals surface area contributed by atoms with E-state index in [0.29, 0.717) is 0 Å². The molecule has 114 valence electrons. The third-order valence-corrected chi connectivity index (χ3v) is 4.79. The zero-order chi connectivity index (χ0) is 14.8. The highest BCUT2D eigenvalue weighted by molar-refractivity contribution is 5.84. The summed E-state index contributed by atoms with van der Waals surface area (Å²) in [6.45, 7) is 2.79. The molecule has 0 spiro atoms. The molecule has 1 heterocycles.